The average molecular weight is 716 g/mol. The number of aromatic nitrogens is 2. The Morgan fingerprint density at radius 1 is 0.865 bits per heavy atom. The van der Waals surface area contributed by atoms with Crippen LogP contribution in [0.2, 0.25) is 0 Å². The summed E-state index contributed by atoms with van der Waals surface area (Å²) in [6.45, 7) is 9.66. The molecule has 2 aromatic heterocycles. The first-order valence-electron chi connectivity index (χ1n) is 17.3. The van der Waals surface area contributed by atoms with Crippen molar-refractivity contribution < 1.29 is 27.9 Å². The number of ether oxygens (including phenoxy) is 1. The van der Waals surface area contributed by atoms with Crippen molar-refractivity contribution in [1.82, 2.24) is 20.2 Å². The van der Waals surface area contributed by atoms with Gasteiger partial charge in [-0.1, -0.05) is 49.7 Å². The quantitative estimate of drug-likeness (QED) is 0.178. The maximum absolute atomic E-state index is 13.4. The molecule has 2 aromatic carbocycles. The molecule has 276 valence electrons. The Kier molecular flexibility index (Phi) is 14.0. The number of nitrogens with zero attached hydrogens (tertiary/aromatic N) is 4. The van der Waals surface area contributed by atoms with Gasteiger partial charge in [-0.2, -0.15) is 0 Å². The largest absolute Gasteiger partial charge is 0.444 e. The molecule has 11 nitrogen and oxygen atoms in total. The number of carbonyl (C=O) groups is 3. The van der Waals surface area contributed by atoms with Crippen LogP contribution in [0.5, 0.6) is 0 Å². The zero-order valence-corrected chi connectivity index (χ0v) is 30.1. The number of nitrogens with one attached hydrogen (secondary N) is 2. The van der Waals surface area contributed by atoms with E-state index in [1.807, 2.05) is 70.3 Å². The molecule has 1 saturated heterocycles. The molecule has 1 atom stereocenters. The van der Waals surface area contributed by atoms with E-state index in [-0.39, 0.29) is 18.1 Å². The van der Waals surface area contributed by atoms with Crippen LogP contribution in [0.25, 0.3) is 0 Å². The number of anilines is 3. The van der Waals surface area contributed by atoms with Crippen molar-refractivity contribution in [1.29, 1.82) is 0 Å². The van der Waals surface area contributed by atoms with Crippen molar-refractivity contribution >= 4 is 35.2 Å². The summed E-state index contributed by atoms with van der Waals surface area (Å²) in [7, 11) is 0. The number of amides is 3. The predicted molar refractivity (Wildman–Crippen MR) is 198 cm³/mol. The molecular formula is C39H47F2N7O4. The highest BCUT2D eigenvalue weighted by atomic mass is 19.1. The van der Waals surface area contributed by atoms with Crippen LogP contribution in [-0.4, -0.2) is 70.6 Å². The molecule has 3 heterocycles. The molecule has 0 radical (unpaired) electrons. The lowest BCUT2D eigenvalue weighted by Gasteiger charge is -2.36. The normalized spacial score (nSPS) is 13.3. The van der Waals surface area contributed by atoms with Gasteiger partial charge in [0.25, 0.3) is 0 Å². The third kappa shape index (κ3) is 12.9. The van der Waals surface area contributed by atoms with Crippen LogP contribution in [0.15, 0.2) is 85.2 Å². The van der Waals surface area contributed by atoms with Crippen molar-refractivity contribution in [2.24, 2.45) is 0 Å². The van der Waals surface area contributed by atoms with Gasteiger partial charge in [-0.25, -0.2) is 23.5 Å². The number of halogens is 2. The molecule has 0 spiro atoms. The Labute approximate surface area is 303 Å². The fourth-order valence-corrected chi connectivity index (χ4v) is 5.41. The van der Waals surface area contributed by atoms with E-state index in [1.165, 1.54) is 11.1 Å². The van der Waals surface area contributed by atoms with E-state index in [9.17, 15) is 23.2 Å². The lowest BCUT2D eigenvalue weighted by molar-refractivity contribution is -0.126. The second kappa shape index (κ2) is 18.6. The monoisotopic (exact) mass is 715 g/mol. The van der Waals surface area contributed by atoms with Crippen molar-refractivity contribution in [3.8, 4) is 0 Å². The molecule has 1 unspecified atom stereocenters. The summed E-state index contributed by atoms with van der Waals surface area (Å²) in [5, 5.41) is 5.36. The zero-order chi connectivity index (χ0) is 37.7. The highest BCUT2D eigenvalue weighted by Gasteiger charge is 2.26. The summed E-state index contributed by atoms with van der Waals surface area (Å²) >= 11 is 0. The lowest BCUT2D eigenvalue weighted by Crippen LogP contribution is -2.50. The number of hydrogen-bond donors (Lipinski definition) is 3. The SMILES string of the molecule is CCCC(NC(=O)Cc1cc(F)cc(F)c1)C(=O)Nc1ccc(N2CCN(C(=O)OC(C)(C)C)CC2)cn1.Nc1ccc(Cc2ccccc2)cn1. The van der Waals surface area contributed by atoms with Crippen LogP contribution in [0, 0.1) is 11.6 Å². The standard InChI is InChI=1S/C27H35F2N5O4.C12H12N2/c1-5-6-22(31-24(35)15-18-13-19(28)16-20(29)14-18)25(36)32-23-8-7-21(17-30-23)33-9-11-34(12-10-33)26(37)38-27(2,3)4;13-12-7-6-11(9-14-12)8-10-4-2-1-3-5-10/h7-8,13-14,16-17,22H,5-6,9-12,15H2,1-4H3,(H,31,35)(H,30,32,36);1-7,9H,8H2,(H2,13,14). The molecule has 1 aliphatic heterocycles. The lowest BCUT2D eigenvalue weighted by atomic mass is 10.1. The third-order valence-corrected chi connectivity index (χ3v) is 7.91. The van der Waals surface area contributed by atoms with Crippen LogP contribution in [-0.2, 0) is 27.2 Å². The van der Waals surface area contributed by atoms with Crippen LogP contribution in [0.4, 0.5) is 30.9 Å². The molecule has 4 aromatic rings. The number of benzene rings is 2. The van der Waals surface area contributed by atoms with Crippen LogP contribution in [0.3, 0.4) is 0 Å². The highest BCUT2D eigenvalue weighted by molar-refractivity contribution is 5.96. The molecule has 52 heavy (non-hydrogen) atoms. The van der Waals surface area contributed by atoms with E-state index in [0.717, 1.165) is 30.3 Å². The molecule has 4 N–H and O–H groups in total. The Bertz CT molecular complexity index is 1740. The van der Waals surface area contributed by atoms with Crippen molar-refractivity contribution in [3.63, 3.8) is 0 Å². The predicted octanol–water partition coefficient (Wildman–Crippen LogP) is 6.14. The summed E-state index contributed by atoms with van der Waals surface area (Å²) in [5.41, 5.74) is 8.48. The zero-order valence-electron chi connectivity index (χ0n) is 30.1. The molecule has 1 aliphatic rings. The first kappa shape index (κ1) is 39.2. The minimum atomic E-state index is -0.826. The van der Waals surface area contributed by atoms with E-state index < -0.39 is 35.1 Å². The van der Waals surface area contributed by atoms with E-state index in [0.29, 0.717) is 50.7 Å². The molecule has 0 saturated carbocycles. The van der Waals surface area contributed by atoms with E-state index >= 15 is 0 Å². The highest BCUT2D eigenvalue weighted by Crippen LogP contribution is 2.19. The topological polar surface area (TPSA) is 143 Å². The van der Waals surface area contributed by atoms with E-state index in [1.54, 1.807) is 17.2 Å². The van der Waals surface area contributed by atoms with E-state index in [2.05, 4.69) is 37.6 Å². The summed E-state index contributed by atoms with van der Waals surface area (Å²) in [6.07, 6.45) is 4.81. The maximum atomic E-state index is 13.4. The van der Waals surface area contributed by atoms with Crippen LogP contribution < -0.4 is 21.3 Å². The first-order valence-corrected chi connectivity index (χ1v) is 17.3. The van der Waals surface area contributed by atoms with Gasteiger partial charge in [0.15, 0.2) is 0 Å². The molecule has 3 amide bonds. The van der Waals surface area contributed by atoms with Gasteiger partial charge < -0.3 is 30.9 Å². The fourth-order valence-electron chi connectivity index (χ4n) is 5.41. The molecule has 5 rings (SSSR count). The van der Waals surface area contributed by atoms with Crippen LogP contribution in [0.1, 0.15) is 57.2 Å². The number of pyridine rings is 2. The molecule has 13 heteroatoms. The van der Waals surface area contributed by atoms with Gasteiger partial charge in [0.2, 0.25) is 11.8 Å². The summed E-state index contributed by atoms with van der Waals surface area (Å²) in [4.78, 5) is 49.7. The third-order valence-electron chi connectivity index (χ3n) is 7.91. The number of nitrogen functional groups attached to an aromatic ring is 1. The minimum Gasteiger partial charge on any atom is -0.444 e. The summed E-state index contributed by atoms with van der Waals surface area (Å²) in [6, 6.07) is 19.7. The molecule has 0 aliphatic carbocycles. The number of nitrogens with two attached hydrogens (primary N) is 1. The van der Waals surface area contributed by atoms with Crippen LogP contribution >= 0.6 is 0 Å². The Balaban J connectivity index is 0.000000358. The maximum Gasteiger partial charge on any atom is 0.410 e. The average Bonchev–Trinajstić information content (AvgIpc) is 3.09. The Morgan fingerprint density at radius 3 is 2.13 bits per heavy atom. The molecular weight excluding hydrogens is 668 g/mol. The number of hydrogen-bond acceptors (Lipinski definition) is 8. The van der Waals surface area contributed by atoms with Gasteiger partial charge in [-0.3, -0.25) is 9.59 Å². The van der Waals surface area contributed by atoms with Crippen molar-refractivity contribution in [2.75, 3.05) is 42.1 Å². The van der Waals surface area contributed by atoms with Crippen molar-refractivity contribution in [3.05, 3.63) is 114 Å². The van der Waals surface area contributed by atoms with E-state index in [4.69, 9.17) is 10.5 Å². The van der Waals surface area contributed by atoms with Gasteiger partial charge in [0.05, 0.1) is 18.3 Å². The van der Waals surface area contributed by atoms with Gasteiger partial charge >= 0.3 is 6.09 Å². The summed E-state index contributed by atoms with van der Waals surface area (Å²) in [5.74, 6) is -1.59. The fraction of sp³-hybridized carbons (Fsp3) is 0.359. The molecule has 0 bridgehead atoms. The van der Waals surface area contributed by atoms with Gasteiger partial charge in [0.1, 0.15) is 34.9 Å². The number of piperazine rings is 1. The smallest absolute Gasteiger partial charge is 0.410 e. The first-order chi connectivity index (χ1) is 24.8. The Morgan fingerprint density at radius 2 is 1.56 bits per heavy atom. The van der Waals surface area contributed by atoms with Gasteiger partial charge in [-0.15, -0.1) is 0 Å². The van der Waals surface area contributed by atoms with Gasteiger partial charge in [-0.05, 0) is 80.6 Å². The Hall–Kier alpha value is -5.59. The second-order valence-electron chi connectivity index (χ2n) is 13.5. The minimum absolute atomic E-state index is 0.180. The molecule has 1 fully saturated rings. The van der Waals surface area contributed by atoms with Crippen molar-refractivity contribution in [2.45, 2.75) is 65.0 Å². The number of rotatable bonds is 10. The summed E-state index contributed by atoms with van der Waals surface area (Å²) < 4.78 is 32.3. The second-order valence-corrected chi connectivity index (χ2v) is 13.5. The number of carbonyl (C=O) groups excluding carboxylic acids is 3. The van der Waals surface area contributed by atoms with Gasteiger partial charge in [0, 0.05) is 38.4 Å².